The Morgan fingerprint density at radius 2 is 2.04 bits per heavy atom. The predicted octanol–water partition coefficient (Wildman–Crippen LogP) is 2.89. The zero-order valence-electron chi connectivity index (χ0n) is 12.8. The molecule has 1 N–H and O–H groups in total. The van der Waals surface area contributed by atoms with Gasteiger partial charge in [0.1, 0.15) is 6.04 Å². The lowest BCUT2D eigenvalue weighted by Crippen LogP contribution is -2.45. The minimum absolute atomic E-state index is 0.186. The van der Waals surface area contributed by atoms with Crippen LogP contribution in [0.25, 0.3) is 0 Å². The van der Waals surface area contributed by atoms with Crippen LogP contribution in [-0.2, 0) is 9.47 Å². The van der Waals surface area contributed by atoms with E-state index < -0.39 is 30.4 Å². The second-order valence-corrected chi connectivity index (χ2v) is 5.72. The lowest BCUT2D eigenvalue weighted by Gasteiger charge is -2.27. The Balaban J connectivity index is 1.73. The Morgan fingerprint density at radius 3 is 2.71 bits per heavy atom. The first kappa shape index (κ1) is 16.6. The van der Waals surface area contributed by atoms with Gasteiger partial charge in [0.25, 0.3) is 6.36 Å². The van der Waals surface area contributed by atoms with Crippen LogP contribution in [0.4, 0.5) is 13.2 Å². The molecule has 3 atom stereocenters. The van der Waals surface area contributed by atoms with Crippen molar-refractivity contribution in [3.8, 4) is 0 Å². The molecular weight excluding hydrogens is 323 g/mol. The average Bonchev–Trinajstić information content (AvgIpc) is 2.83. The number of benzene rings is 1. The summed E-state index contributed by atoms with van der Waals surface area (Å²) in [6.45, 7) is 1.57. The van der Waals surface area contributed by atoms with Gasteiger partial charge < -0.3 is 14.8 Å². The molecule has 2 aliphatic rings. The van der Waals surface area contributed by atoms with Gasteiger partial charge in [-0.05, 0) is 25.1 Å². The summed E-state index contributed by atoms with van der Waals surface area (Å²) in [6.07, 6.45) is 0.0368. The number of ether oxygens (including phenoxy) is 2. The van der Waals surface area contributed by atoms with Gasteiger partial charge >= 0.3 is 11.9 Å². The topological polar surface area (TPSA) is 47.6 Å². The van der Waals surface area contributed by atoms with Gasteiger partial charge in [-0.2, -0.15) is 4.39 Å². The predicted molar refractivity (Wildman–Crippen MR) is 80.3 cm³/mol. The number of hydrogen-bond donors (Lipinski definition) is 1. The Hall–Kier alpha value is -2.28. The molecule has 1 fully saturated rings. The molecule has 0 radical (unpaired) electrons. The van der Waals surface area contributed by atoms with E-state index in [-0.39, 0.29) is 17.7 Å². The third-order valence-electron chi connectivity index (χ3n) is 4.02. The van der Waals surface area contributed by atoms with E-state index in [1.807, 2.05) is 6.92 Å². The first-order chi connectivity index (χ1) is 11.4. The van der Waals surface area contributed by atoms with E-state index in [2.05, 4.69) is 10.1 Å². The standard InChI is InChI=1S/C17H16F3NO3/c1-10-4-6-11(7-5-10)16(22)24-13-9-21-14(17(13,19)20)12-3-2-8-23-15(12)18/h2-8,13-15,21H,9H2,1H3. The first-order valence-electron chi connectivity index (χ1n) is 7.44. The molecule has 7 heteroatoms. The number of allylic oxidation sites excluding steroid dienone is 2. The summed E-state index contributed by atoms with van der Waals surface area (Å²) in [5, 5.41) is 2.51. The molecule has 128 valence electrons. The molecule has 0 aromatic heterocycles. The molecule has 3 rings (SSSR count). The van der Waals surface area contributed by atoms with Crippen molar-refractivity contribution in [3.63, 3.8) is 0 Å². The number of esters is 1. The summed E-state index contributed by atoms with van der Waals surface area (Å²) >= 11 is 0. The van der Waals surface area contributed by atoms with E-state index in [0.717, 1.165) is 11.8 Å². The van der Waals surface area contributed by atoms with Crippen LogP contribution in [0.5, 0.6) is 0 Å². The van der Waals surface area contributed by atoms with Crippen molar-refractivity contribution in [2.24, 2.45) is 0 Å². The fourth-order valence-electron chi connectivity index (χ4n) is 2.68. The van der Waals surface area contributed by atoms with E-state index in [0.29, 0.717) is 0 Å². The number of carbonyl (C=O) groups is 1. The van der Waals surface area contributed by atoms with Crippen LogP contribution >= 0.6 is 0 Å². The van der Waals surface area contributed by atoms with E-state index in [1.54, 1.807) is 12.1 Å². The fraction of sp³-hybridized carbons (Fsp3) is 0.353. The average molecular weight is 339 g/mol. The van der Waals surface area contributed by atoms with Crippen LogP contribution in [0.15, 0.2) is 48.3 Å². The maximum atomic E-state index is 14.5. The summed E-state index contributed by atoms with van der Waals surface area (Å²) in [4.78, 5) is 12.0. The van der Waals surface area contributed by atoms with Crippen molar-refractivity contribution in [3.05, 3.63) is 59.4 Å². The monoisotopic (exact) mass is 339 g/mol. The molecule has 2 heterocycles. The Morgan fingerprint density at radius 1 is 1.33 bits per heavy atom. The maximum Gasteiger partial charge on any atom is 0.338 e. The minimum Gasteiger partial charge on any atom is -0.464 e. The van der Waals surface area contributed by atoms with Crippen molar-refractivity contribution >= 4 is 5.97 Å². The highest BCUT2D eigenvalue weighted by atomic mass is 19.3. The Bertz CT molecular complexity index is 685. The van der Waals surface area contributed by atoms with E-state index in [1.165, 1.54) is 24.3 Å². The maximum absolute atomic E-state index is 14.5. The molecule has 2 aliphatic heterocycles. The van der Waals surface area contributed by atoms with E-state index in [9.17, 15) is 18.0 Å². The van der Waals surface area contributed by atoms with Gasteiger partial charge in [-0.3, -0.25) is 0 Å². The zero-order valence-corrected chi connectivity index (χ0v) is 12.8. The molecule has 3 unspecified atom stereocenters. The largest absolute Gasteiger partial charge is 0.464 e. The van der Waals surface area contributed by atoms with Gasteiger partial charge in [-0.25, -0.2) is 13.6 Å². The quantitative estimate of drug-likeness (QED) is 0.861. The summed E-state index contributed by atoms with van der Waals surface area (Å²) in [5.41, 5.74) is 0.897. The molecule has 0 saturated carbocycles. The zero-order chi connectivity index (χ0) is 17.3. The SMILES string of the molecule is Cc1ccc(C(=O)OC2CNC(C3=CC=COC3F)C2(F)F)cc1. The van der Waals surface area contributed by atoms with Gasteiger partial charge in [0.05, 0.1) is 11.8 Å². The van der Waals surface area contributed by atoms with Crippen LogP contribution in [0.3, 0.4) is 0 Å². The third-order valence-corrected chi connectivity index (χ3v) is 4.02. The molecule has 0 aliphatic carbocycles. The highest BCUT2D eigenvalue weighted by Crippen LogP contribution is 2.37. The highest BCUT2D eigenvalue weighted by molar-refractivity contribution is 5.89. The number of alkyl halides is 3. The summed E-state index contributed by atoms with van der Waals surface area (Å²) in [6, 6.07) is 4.81. The molecular formula is C17H16F3NO3. The van der Waals surface area contributed by atoms with Crippen LogP contribution in [0.2, 0.25) is 0 Å². The second-order valence-electron chi connectivity index (χ2n) is 5.72. The third kappa shape index (κ3) is 3.03. The second kappa shape index (κ2) is 6.32. The molecule has 0 amide bonds. The van der Waals surface area contributed by atoms with Crippen LogP contribution in [0, 0.1) is 6.92 Å². The van der Waals surface area contributed by atoms with Crippen molar-refractivity contribution < 1.29 is 27.4 Å². The number of nitrogens with one attached hydrogen (secondary N) is 1. The molecule has 24 heavy (non-hydrogen) atoms. The number of carbonyl (C=O) groups excluding carboxylic acids is 1. The molecule has 0 bridgehead atoms. The van der Waals surface area contributed by atoms with E-state index >= 15 is 0 Å². The lowest BCUT2D eigenvalue weighted by atomic mass is 9.99. The molecule has 4 nitrogen and oxygen atoms in total. The van der Waals surface area contributed by atoms with Crippen LogP contribution < -0.4 is 5.32 Å². The highest BCUT2D eigenvalue weighted by Gasteiger charge is 2.57. The number of aryl methyl sites for hydroxylation is 1. The summed E-state index contributed by atoms with van der Waals surface area (Å²) in [7, 11) is 0. The van der Waals surface area contributed by atoms with Crippen molar-refractivity contribution in [2.45, 2.75) is 31.3 Å². The Kier molecular flexibility index (Phi) is 4.36. The van der Waals surface area contributed by atoms with Crippen molar-refractivity contribution in [1.82, 2.24) is 5.32 Å². The molecule has 1 aromatic carbocycles. The summed E-state index contributed by atoms with van der Waals surface area (Å²) < 4.78 is 52.3. The van der Waals surface area contributed by atoms with Crippen molar-refractivity contribution in [1.29, 1.82) is 0 Å². The molecule has 1 aromatic rings. The van der Waals surface area contributed by atoms with Gasteiger partial charge in [0.15, 0.2) is 6.10 Å². The van der Waals surface area contributed by atoms with Crippen LogP contribution in [0.1, 0.15) is 15.9 Å². The van der Waals surface area contributed by atoms with Crippen LogP contribution in [-0.4, -0.2) is 36.9 Å². The van der Waals surface area contributed by atoms with Gasteiger partial charge in [0.2, 0.25) is 0 Å². The fourth-order valence-corrected chi connectivity index (χ4v) is 2.68. The van der Waals surface area contributed by atoms with Crippen molar-refractivity contribution in [2.75, 3.05) is 6.54 Å². The Labute approximate surface area is 136 Å². The van der Waals surface area contributed by atoms with E-state index in [4.69, 9.17) is 4.74 Å². The molecule has 1 saturated heterocycles. The normalized spacial score (nSPS) is 28.2. The number of hydrogen-bond acceptors (Lipinski definition) is 4. The number of rotatable bonds is 3. The smallest absolute Gasteiger partial charge is 0.338 e. The minimum atomic E-state index is -3.45. The first-order valence-corrected chi connectivity index (χ1v) is 7.44. The van der Waals surface area contributed by atoms with Gasteiger partial charge in [0, 0.05) is 12.1 Å². The van der Waals surface area contributed by atoms with Gasteiger partial charge in [-0.1, -0.05) is 23.8 Å². The lowest BCUT2D eigenvalue weighted by molar-refractivity contribution is -0.100. The summed E-state index contributed by atoms with van der Waals surface area (Å²) in [5.74, 6) is -4.29. The van der Waals surface area contributed by atoms with Gasteiger partial charge in [-0.15, -0.1) is 0 Å². The molecule has 0 spiro atoms. The number of halogens is 3.